The van der Waals surface area contributed by atoms with Crippen LogP contribution in [0.25, 0.3) is 22.8 Å². The van der Waals surface area contributed by atoms with E-state index in [2.05, 4.69) is 0 Å². The Hall–Kier alpha value is -2.74. The number of aliphatic carboxylic acids is 1. The van der Waals surface area contributed by atoms with Crippen molar-refractivity contribution in [2.24, 2.45) is 0 Å². The lowest BCUT2D eigenvalue weighted by Gasteiger charge is -2.25. The van der Waals surface area contributed by atoms with Crippen LogP contribution in [-0.4, -0.2) is 36.9 Å². The average molecular weight is 454 g/mol. The molecule has 31 heavy (non-hydrogen) atoms. The molecule has 0 spiro atoms. The van der Waals surface area contributed by atoms with Gasteiger partial charge in [-0.1, -0.05) is 61.0 Å². The van der Waals surface area contributed by atoms with Crippen molar-refractivity contribution in [3.05, 3.63) is 77.2 Å². The number of thiophene rings is 1. The van der Waals surface area contributed by atoms with Gasteiger partial charge in [0.25, 0.3) is 10.0 Å². The zero-order chi connectivity index (χ0) is 21.8. The van der Waals surface area contributed by atoms with Gasteiger partial charge in [0.1, 0.15) is 4.21 Å². The fraction of sp³-hybridized carbons (Fsp3) is 0.208. The number of sulfonamides is 1. The van der Waals surface area contributed by atoms with Crippen molar-refractivity contribution < 1.29 is 18.3 Å². The molecule has 0 aliphatic carbocycles. The monoisotopic (exact) mass is 453 g/mol. The number of carboxylic acid groups (broad SMARTS) is 1. The zero-order valence-corrected chi connectivity index (χ0v) is 18.5. The minimum Gasteiger partial charge on any atom is -0.478 e. The summed E-state index contributed by atoms with van der Waals surface area (Å²) >= 11 is 1.01. The Bertz CT molecular complexity index is 1190. The number of carbonyl (C=O) groups is 1. The lowest BCUT2D eigenvalue weighted by molar-refractivity contribution is -0.130. The first-order valence-electron chi connectivity index (χ1n) is 10.2. The van der Waals surface area contributed by atoms with Crippen molar-refractivity contribution in [2.45, 2.75) is 23.5 Å². The van der Waals surface area contributed by atoms with Crippen LogP contribution in [0.1, 0.15) is 29.7 Å². The first-order chi connectivity index (χ1) is 14.9. The number of piperidine rings is 1. The van der Waals surface area contributed by atoms with E-state index in [1.165, 1.54) is 10.4 Å². The zero-order valence-electron chi connectivity index (χ0n) is 16.9. The SMILES string of the molecule is O=C(O)/C(=C\c1ccc(-c2ccccc2)cc1)c1ccc(S(=O)(=O)N2CCCCC2)s1. The van der Waals surface area contributed by atoms with Gasteiger partial charge in [-0.25, -0.2) is 13.2 Å². The van der Waals surface area contributed by atoms with E-state index in [1.54, 1.807) is 12.1 Å². The highest BCUT2D eigenvalue weighted by Gasteiger charge is 2.28. The fourth-order valence-corrected chi connectivity index (χ4v) is 6.63. The van der Waals surface area contributed by atoms with Crippen LogP contribution in [0.4, 0.5) is 0 Å². The average Bonchev–Trinajstić information content (AvgIpc) is 3.30. The number of benzene rings is 2. The number of nitrogens with zero attached hydrogens (tertiary/aromatic N) is 1. The third kappa shape index (κ3) is 4.79. The molecule has 4 rings (SSSR count). The van der Waals surface area contributed by atoms with E-state index in [-0.39, 0.29) is 9.78 Å². The standard InChI is InChI=1S/C24H23NO4S2/c26-24(27)21(17-18-9-11-20(12-10-18)19-7-3-1-4-8-19)22-13-14-23(30-22)31(28,29)25-15-5-2-6-16-25/h1,3-4,7-14,17H,2,5-6,15-16H2,(H,26,27)/b21-17-. The van der Waals surface area contributed by atoms with E-state index in [4.69, 9.17) is 0 Å². The van der Waals surface area contributed by atoms with E-state index in [0.29, 0.717) is 18.0 Å². The predicted molar refractivity (Wildman–Crippen MR) is 124 cm³/mol. The smallest absolute Gasteiger partial charge is 0.337 e. The summed E-state index contributed by atoms with van der Waals surface area (Å²) in [5.74, 6) is -1.09. The molecular weight excluding hydrogens is 430 g/mol. The summed E-state index contributed by atoms with van der Waals surface area (Å²) in [5, 5.41) is 9.76. The molecule has 1 N–H and O–H groups in total. The minimum atomic E-state index is -3.58. The number of hydrogen-bond donors (Lipinski definition) is 1. The molecule has 1 aromatic heterocycles. The second kappa shape index (κ2) is 9.18. The summed E-state index contributed by atoms with van der Waals surface area (Å²) in [6.45, 7) is 1.04. The van der Waals surface area contributed by atoms with E-state index in [1.807, 2.05) is 54.6 Å². The molecule has 1 fully saturated rings. The molecule has 0 amide bonds. The highest BCUT2D eigenvalue weighted by Crippen LogP contribution is 2.32. The Morgan fingerprint density at radius 3 is 2.16 bits per heavy atom. The molecule has 0 unspecified atom stereocenters. The van der Waals surface area contributed by atoms with Crippen molar-refractivity contribution in [3.8, 4) is 11.1 Å². The molecule has 0 bridgehead atoms. The van der Waals surface area contributed by atoms with Crippen molar-refractivity contribution in [2.75, 3.05) is 13.1 Å². The molecule has 2 heterocycles. The highest BCUT2D eigenvalue weighted by molar-refractivity contribution is 7.91. The van der Waals surface area contributed by atoms with Crippen LogP contribution >= 0.6 is 11.3 Å². The Morgan fingerprint density at radius 1 is 0.871 bits per heavy atom. The lowest BCUT2D eigenvalue weighted by atomic mass is 10.0. The van der Waals surface area contributed by atoms with Crippen LogP contribution in [0.15, 0.2) is 70.9 Å². The predicted octanol–water partition coefficient (Wildman–Crippen LogP) is 5.21. The Morgan fingerprint density at radius 2 is 1.52 bits per heavy atom. The van der Waals surface area contributed by atoms with Crippen molar-refractivity contribution >= 4 is 39.0 Å². The maximum atomic E-state index is 12.9. The van der Waals surface area contributed by atoms with Gasteiger partial charge in [0.15, 0.2) is 0 Å². The molecular formula is C24H23NO4S2. The molecule has 0 atom stereocenters. The molecule has 2 aromatic carbocycles. The van der Waals surface area contributed by atoms with Gasteiger partial charge in [-0.15, -0.1) is 11.3 Å². The Balaban J connectivity index is 1.61. The maximum absolute atomic E-state index is 12.9. The Labute approximate surface area is 186 Å². The molecule has 5 nitrogen and oxygen atoms in total. The first kappa shape index (κ1) is 21.5. The molecule has 1 aliphatic rings. The van der Waals surface area contributed by atoms with E-state index in [9.17, 15) is 18.3 Å². The van der Waals surface area contributed by atoms with Gasteiger partial charge in [0, 0.05) is 18.0 Å². The largest absolute Gasteiger partial charge is 0.478 e. The second-order valence-corrected chi connectivity index (χ2v) is 10.7. The van der Waals surface area contributed by atoms with E-state index in [0.717, 1.165) is 47.3 Å². The first-order valence-corrected chi connectivity index (χ1v) is 12.4. The van der Waals surface area contributed by atoms with Gasteiger partial charge in [-0.05, 0) is 47.7 Å². The summed E-state index contributed by atoms with van der Waals surface area (Å²) < 4.78 is 27.5. The van der Waals surface area contributed by atoms with Gasteiger partial charge in [0.05, 0.1) is 5.57 Å². The third-order valence-electron chi connectivity index (χ3n) is 5.32. The molecule has 3 aromatic rings. The number of hydrogen-bond acceptors (Lipinski definition) is 4. The van der Waals surface area contributed by atoms with Crippen LogP contribution in [0, 0.1) is 0 Å². The quantitative estimate of drug-likeness (QED) is 0.520. The summed E-state index contributed by atoms with van der Waals surface area (Å²) in [6.07, 6.45) is 4.34. The van der Waals surface area contributed by atoms with Gasteiger partial charge >= 0.3 is 5.97 Å². The van der Waals surface area contributed by atoms with E-state index >= 15 is 0 Å². The van der Waals surface area contributed by atoms with Crippen molar-refractivity contribution in [1.82, 2.24) is 4.31 Å². The highest BCUT2D eigenvalue weighted by atomic mass is 32.2. The molecule has 160 valence electrons. The Kier molecular flexibility index (Phi) is 6.36. The van der Waals surface area contributed by atoms with Crippen molar-refractivity contribution in [3.63, 3.8) is 0 Å². The second-order valence-electron chi connectivity index (χ2n) is 7.43. The topological polar surface area (TPSA) is 74.7 Å². The molecule has 1 saturated heterocycles. The van der Waals surface area contributed by atoms with Gasteiger partial charge < -0.3 is 5.11 Å². The van der Waals surface area contributed by atoms with Crippen molar-refractivity contribution in [1.29, 1.82) is 0 Å². The molecule has 1 aliphatic heterocycles. The third-order valence-corrected chi connectivity index (χ3v) is 8.80. The van der Waals surface area contributed by atoms with Crippen LogP contribution < -0.4 is 0 Å². The minimum absolute atomic E-state index is 0.0811. The fourth-order valence-electron chi connectivity index (χ4n) is 3.64. The normalized spacial score (nSPS) is 15.7. The van der Waals surface area contributed by atoms with Gasteiger partial charge in [0.2, 0.25) is 0 Å². The number of rotatable bonds is 6. The van der Waals surface area contributed by atoms with Crippen LogP contribution in [0.2, 0.25) is 0 Å². The van der Waals surface area contributed by atoms with Gasteiger partial charge in [-0.3, -0.25) is 0 Å². The lowest BCUT2D eigenvalue weighted by Crippen LogP contribution is -2.35. The summed E-state index contributed by atoms with van der Waals surface area (Å²) in [6, 6.07) is 20.7. The summed E-state index contributed by atoms with van der Waals surface area (Å²) in [4.78, 5) is 12.4. The summed E-state index contributed by atoms with van der Waals surface area (Å²) in [5.41, 5.74) is 2.95. The summed E-state index contributed by atoms with van der Waals surface area (Å²) in [7, 11) is -3.58. The molecule has 0 radical (unpaired) electrons. The van der Waals surface area contributed by atoms with Crippen LogP contribution in [0.5, 0.6) is 0 Å². The molecule has 7 heteroatoms. The van der Waals surface area contributed by atoms with Gasteiger partial charge in [-0.2, -0.15) is 4.31 Å². The maximum Gasteiger partial charge on any atom is 0.337 e. The number of carboxylic acids is 1. The molecule has 0 saturated carbocycles. The van der Waals surface area contributed by atoms with Crippen LogP contribution in [-0.2, 0) is 14.8 Å². The van der Waals surface area contributed by atoms with E-state index < -0.39 is 16.0 Å². The van der Waals surface area contributed by atoms with Crippen LogP contribution in [0.3, 0.4) is 0 Å².